The van der Waals surface area contributed by atoms with Gasteiger partial charge in [-0.2, -0.15) is 0 Å². The van der Waals surface area contributed by atoms with Gasteiger partial charge in [0.2, 0.25) is 10.0 Å². The average molecular weight is 345 g/mol. The highest BCUT2D eigenvalue weighted by molar-refractivity contribution is 7.89. The molecule has 1 N–H and O–H groups in total. The Balaban J connectivity index is 1.78. The molecule has 0 aliphatic heterocycles. The third-order valence-electron chi connectivity index (χ3n) is 3.87. The summed E-state index contributed by atoms with van der Waals surface area (Å²) in [6, 6.07) is 15.1. The number of hydrogen-bond donors (Lipinski definition) is 1. The van der Waals surface area contributed by atoms with Crippen LogP contribution >= 0.6 is 11.3 Å². The summed E-state index contributed by atoms with van der Waals surface area (Å²) in [6.45, 7) is 4.48. The summed E-state index contributed by atoms with van der Waals surface area (Å²) in [7, 11) is -3.49. The predicted octanol–water partition coefficient (Wildman–Crippen LogP) is 4.50. The molecule has 3 nitrogen and oxygen atoms in total. The second kappa shape index (κ2) is 6.43. The second-order valence-corrected chi connectivity index (χ2v) is 8.48. The van der Waals surface area contributed by atoms with Crippen LogP contribution in [0.25, 0.3) is 10.1 Å². The third kappa shape index (κ3) is 3.47. The van der Waals surface area contributed by atoms with Crippen molar-refractivity contribution >= 4 is 31.4 Å². The van der Waals surface area contributed by atoms with Crippen LogP contribution in [0, 0.1) is 0 Å². The highest BCUT2D eigenvalue weighted by Gasteiger charge is 2.15. The van der Waals surface area contributed by atoms with Crippen LogP contribution in [-0.2, 0) is 16.6 Å². The number of thiophene rings is 1. The molecule has 3 rings (SSSR count). The fourth-order valence-corrected chi connectivity index (χ4v) is 4.43. The molecule has 0 unspecified atom stereocenters. The standard InChI is InChI=1S/C18H19NO2S2/c1-13(2)14-7-9-16(10-8-14)23(20,21)19-11-15-12-22-18-6-4-3-5-17(15)18/h3-10,12-13,19H,11H2,1-2H3. The molecule has 0 spiro atoms. The summed E-state index contributed by atoms with van der Waals surface area (Å²) in [5.41, 5.74) is 2.14. The molecule has 0 amide bonds. The lowest BCUT2D eigenvalue weighted by Crippen LogP contribution is -2.23. The predicted molar refractivity (Wildman–Crippen MR) is 96.4 cm³/mol. The minimum atomic E-state index is -3.49. The van der Waals surface area contributed by atoms with Gasteiger partial charge in [0.15, 0.2) is 0 Å². The van der Waals surface area contributed by atoms with Crippen molar-refractivity contribution in [2.75, 3.05) is 0 Å². The van der Waals surface area contributed by atoms with E-state index in [-0.39, 0.29) is 0 Å². The topological polar surface area (TPSA) is 46.2 Å². The summed E-state index contributed by atoms with van der Waals surface area (Å²) in [6.07, 6.45) is 0. The fourth-order valence-electron chi connectivity index (χ4n) is 2.46. The molecule has 0 fully saturated rings. The molecule has 0 saturated heterocycles. The highest BCUT2D eigenvalue weighted by Crippen LogP contribution is 2.26. The van der Waals surface area contributed by atoms with Gasteiger partial charge in [-0.15, -0.1) is 11.3 Å². The molecule has 0 bridgehead atoms. The Kier molecular flexibility index (Phi) is 4.53. The zero-order chi connectivity index (χ0) is 16.4. The Hall–Kier alpha value is -1.69. The van der Waals surface area contributed by atoms with Gasteiger partial charge in [-0.25, -0.2) is 13.1 Å². The maximum Gasteiger partial charge on any atom is 0.240 e. The van der Waals surface area contributed by atoms with E-state index >= 15 is 0 Å². The molecule has 23 heavy (non-hydrogen) atoms. The Labute approximate surface area is 141 Å². The number of nitrogens with one attached hydrogen (secondary N) is 1. The van der Waals surface area contributed by atoms with Crippen molar-refractivity contribution < 1.29 is 8.42 Å². The van der Waals surface area contributed by atoms with Crippen LogP contribution < -0.4 is 4.72 Å². The first-order valence-corrected chi connectivity index (χ1v) is 9.88. The second-order valence-electron chi connectivity index (χ2n) is 5.81. The van der Waals surface area contributed by atoms with Crippen molar-refractivity contribution in [1.82, 2.24) is 4.72 Å². The average Bonchev–Trinajstić information content (AvgIpc) is 2.96. The minimum absolute atomic E-state index is 0.304. The first-order valence-electron chi connectivity index (χ1n) is 7.52. The minimum Gasteiger partial charge on any atom is -0.207 e. The van der Waals surface area contributed by atoms with E-state index in [2.05, 4.69) is 18.6 Å². The van der Waals surface area contributed by atoms with Gasteiger partial charge < -0.3 is 0 Å². The van der Waals surface area contributed by atoms with Crippen LogP contribution in [0.4, 0.5) is 0 Å². The molecule has 1 aromatic heterocycles. The van der Waals surface area contributed by atoms with E-state index in [1.54, 1.807) is 23.5 Å². The van der Waals surface area contributed by atoms with Crippen LogP contribution in [0.1, 0.15) is 30.9 Å². The first kappa shape index (κ1) is 16.2. The van der Waals surface area contributed by atoms with Crippen molar-refractivity contribution in [2.24, 2.45) is 0 Å². The molecule has 120 valence electrons. The molecule has 0 aliphatic rings. The molecule has 2 aromatic carbocycles. The van der Waals surface area contributed by atoms with E-state index in [1.807, 2.05) is 41.8 Å². The quantitative estimate of drug-likeness (QED) is 0.740. The van der Waals surface area contributed by atoms with Crippen LogP contribution in [0.2, 0.25) is 0 Å². The number of hydrogen-bond acceptors (Lipinski definition) is 3. The summed E-state index contributed by atoms with van der Waals surface area (Å²) >= 11 is 1.63. The van der Waals surface area contributed by atoms with Gasteiger partial charge in [0.25, 0.3) is 0 Å². The molecule has 1 heterocycles. The Morgan fingerprint density at radius 1 is 1.04 bits per heavy atom. The molecular formula is C18H19NO2S2. The first-order chi connectivity index (χ1) is 11.0. The van der Waals surface area contributed by atoms with Crippen LogP contribution in [0.5, 0.6) is 0 Å². The number of sulfonamides is 1. The maximum absolute atomic E-state index is 12.4. The van der Waals surface area contributed by atoms with E-state index in [4.69, 9.17) is 0 Å². The summed E-state index contributed by atoms with van der Waals surface area (Å²) in [5, 5.41) is 3.12. The van der Waals surface area contributed by atoms with Crippen molar-refractivity contribution in [3.05, 3.63) is 65.0 Å². The normalized spacial score (nSPS) is 12.1. The highest BCUT2D eigenvalue weighted by atomic mass is 32.2. The van der Waals surface area contributed by atoms with Gasteiger partial charge in [-0.05, 0) is 46.0 Å². The lowest BCUT2D eigenvalue weighted by Gasteiger charge is -2.09. The van der Waals surface area contributed by atoms with Gasteiger partial charge in [-0.1, -0.05) is 44.2 Å². The molecule has 0 aliphatic carbocycles. The zero-order valence-corrected chi connectivity index (χ0v) is 14.7. The lowest BCUT2D eigenvalue weighted by molar-refractivity contribution is 0.581. The third-order valence-corrected chi connectivity index (χ3v) is 6.30. The summed E-state index contributed by atoms with van der Waals surface area (Å²) in [4.78, 5) is 0.307. The van der Waals surface area contributed by atoms with Gasteiger partial charge >= 0.3 is 0 Å². The lowest BCUT2D eigenvalue weighted by atomic mass is 10.0. The van der Waals surface area contributed by atoms with E-state index in [9.17, 15) is 8.42 Å². The zero-order valence-electron chi connectivity index (χ0n) is 13.1. The van der Waals surface area contributed by atoms with Gasteiger partial charge in [0.05, 0.1) is 4.90 Å². The SMILES string of the molecule is CC(C)c1ccc(S(=O)(=O)NCc2csc3ccccc23)cc1. The molecular weight excluding hydrogens is 326 g/mol. The van der Waals surface area contributed by atoms with E-state index < -0.39 is 10.0 Å². The Bertz CT molecular complexity index is 910. The monoisotopic (exact) mass is 345 g/mol. The fraction of sp³-hybridized carbons (Fsp3) is 0.222. The molecule has 3 aromatic rings. The largest absolute Gasteiger partial charge is 0.240 e. The Morgan fingerprint density at radius 2 is 1.74 bits per heavy atom. The van der Waals surface area contributed by atoms with E-state index in [0.29, 0.717) is 17.4 Å². The molecule has 0 radical (unpaired) electrons. The molecule has 0 atom stereocenters. The molecule has 5 heteroatoms. The van der Waals surface area contributed by atoms with Crippen molar-refractivity contribution in [3.8, 4) is 0 Å². The maximum atomic E-state index is 12.4. The van der Waals surface area contributed by atoms with Gasteiger partial charge in [0, 0.05) is 11.2 Å². The number of benzene rings is 2. The van der Waals surface area contributed by atoms with Gasteiger partial charge in [0.1, 0.15) is 0 Å². The summed E-state index contributed by atoms with van der Waals surface area (Å²) in [5.74, 6) is 0.386. The van der Waals surface area contributed by atoms with Crippen LogP contribution in [0.3, 0.4) is 0 Å². The number of rotatable bonds is 5. The van der Waals surface area contributed by atoms with Crippen molar-refractivity contribution in [2.45, 2.75) is 31.2 Å². The van der Waals surface area contributed by atoms with Crippen molar-refractivity contribution in [1.29, 1.82) is 0 Å². The van der Waals surface area contributed by atoms with Crippen LogP contribution in [-0.4, -0.2) is 8.42 Å². The number of fused-ring (bicyclic) bond motifs is 1. The van der Waals surface area contributed by atoms with Gasteiger partial charge in [-0.3, -0.25) is 0 Å². The van der Waals surface area contributed by atoms with E-state index in [0.717, 1.165) is 16.5 Å². The van der Waals surface area contributed by atoms with E-state index in [1.165, 1.54) is 4.70 Å². The molecule has 0 saturated carbocycles. The smallest absolute Gasteiger partial charge is 0.207 e. The van der Waals surface area contributed by atoms with Crippen molar-refractivity contribution in [3.63, 3.8) is 0 Å². The summed E-state index contributed by atoms with van der Waals surface area (Å²) < 4.78 is 28.7. The Morgan fingerprint density at radius 3 is 2.43 bits per heavy atom. The van der Waals surface area contributed by atoms with Crippen LogP contribution in [0.15, 0.2) is 58.8 Å².